The van der Waals surface area contributed by atoms with Crippen LogP contribution in [0.3, 0.4) is 0 Å². The van der Waals surface area contributed by atoms with E-state index in [0.29, 0.717) is 0 Å². The van der Waals surface area contributed by atoms with Gasteiger partial charge in [0.2, 0.25) is 5.71 Å². The molecule has 1 N–H and O–H groups in total. The van der Waals surface area contributed by atoms with Crippen molar-refractivity contribution in [3.8, 4) is 5.69 Å². The lowest BCUT2D eigenvalue weighted by atomic mass is 10.0. The van der Waals surface area contributed by atoms with E-state index in [-0.39, 0.29) is 6.04 Å². The molecule has 8 aromatic rings. The topological polar surface area (TPSA) is 42.5 Å². The van der Waals surface area contributed by atoms with Gasteiger partial charge in [0.25, 0.3) is 0 Å². The summed E-state index contributed by atoms with van der Waals surface area (Å²) in [7, 11) is 0. The summed E-state index contributed by atoms with van der Waals surface area (Å²) in [5.74, 6) is 0.861. The van der Waals surface area contributed by atoms with Crippen molar-refractivity contribution < 1.29 is 4.42 Å². The molecule has 208 valence electrons. The first-order chi connectivity index (χ1) is 21.8. The second-order valence-corrected chi connectivity index (χ2v) is 11.3. The maximum absolute atomic E-state index is 6.78. The fraction of sp³-hybridized carbons (Fsp3) is 0.0250. The highest BCUT2D eigenvalue weighted by Crippen LogP contribution is 2.41. The van der Waals surface area contributed by atoms with Gasteiger partial charge in [0.15, 0.2) is 0 Å². The minimum Gasteiger partial charge on any atom is -0.438 e. The predicted octanol–water partition coefficient (Wildman–Crippen LogP) is 9.82. The molecule has 1 unspecified atom stereocenters. The lowest BCUT2D eigenvalue weighted by molar-refractivity contribution is 0.648. The molecule has 0 spiro atoms. The molecule has 0 saturated carbocycles. The zero-order chi connectivity index (χ0) is 29.0. The van der Waals surface area contributed by atoms with E-state index in [0.717, 1.165) is 66.9 Å². The normalized spacial score (nSPS) is 15.0. The molecule has 0 amide bonds. The number of hydrogen-bond donors (Lipinski definition) is 1. The van der Waals surface area contributed by atoms with Gasteiger partial charge in [-0.05, 0) is 46.9 Å². The van der Waals surface area contributed by atoms with Gasteiger partial charge in [-0.2, -0.15) is 0 Å². The van der Waals surface area contributed by atoms with Gasteiger partial charge >= 0.3 is 0 Å². The molecule has 2 aromatic heterocycles. The maximum atomic E-state index is 6.78. The monoisotopic (exact) mass is 565 g/mol. The average molecular weight is 566 g/mol. The van der Waals surface area contributed by atoms with Crippen molar-refractivity contribution in [2.24, 2.45) is 4.99 Å². The Labute approximate surface area is 254 Å². The van der Waals surface area contributed by atoms with Gasteiger partial charge in [0.05, 0.1) is 16.9 Å². The van der Waals surface area contributed by atoms with Crippen molar-refractivity contribution in [3.63, 3.8) is 0 Å². The van der Waals surface area contributed by atoms with E-state index < -0.39 is 0 Å². The van der Waals surface area contributed by atoms with E-state index in [1.54, 1.807) is 0 Å². The quantitative estimate of drug-likeness (QED) is 0.231. The van der Waals surface area contributed by atoms with Crippen LogP contribution in [0.15, 0.2) is 161 Å². The fourth-order valence-corrected chi connectivity index (χ4v) is 6.56. The van der Waals surface area contributed by atoms with Crippen molar-refractivity contribution >= 4 is 55.3 Å². The summed E-state index contributed by atoms with van der Waals surface area (Å²) in [6, 6.07) is 50.7. The highest BCUT2D eigenvalue weighted by molar-refractivity contribution is 6.24. The summed E-state index contributed by atoms with van der Waals surface area (Å²) in [5.41, 5.74) is 8.29. The Bertz CT molecular complexity index is 2360. The summed E-state index contributed by atoms with van der Waals surface area (Å²) in [6.07, 6.45) is 2.22. The van der Waals surface area contributed by atoms with E-state index in [1.165, 1.54) is 10.8 Å². The highest BCUT2D eigenvalue weighted by Gasteiger charge is 2.23. The average Bonchev–Trinajstić information content (AvgIpc) is 3.64. The van der Waals surface area contributed by atoms with Gasteiger partial charge in [-0.25, -0.2) is 0 Å². The minimum atomic E-state index is -0.168. The molecule has 0 bridgehead atoms. The molecule has 1 atom stereocenters. The molecule has 4 nitrogen and oxygen atoms in total. The van der Waals surface area contributed by atoms with Gasteiger partial charge < -0.3 is 9.73 Å². The minimum absolute atomic E-state index is 0.168. The number of rotatable bonds is 4. The van der Waals surface area contributed by atoms with E-state index in [9.17, 15) is 0 Å². The third-order valence-corrected chi connectivity index (χ3v) is 8.63. The number of hydrogen-bond acceptors (Lipinski definition) is 3. The Morgan fingerprint density at radius 1 is 0.614 bits per heavy atom. The van der Waals surface area contributed by atoms with Crippen molar-refractivity contribution in [3.05, 3.63) is 168 Å². The number of fused-ring (bicyclic) bond motifs is 7. The van der Waals surface area contributed by atoms with Crippen LogP contribution in [0.4, 0.5) is 0 Å². The van der Waals surface area contributed by atoms with Gasteiger partial charge in [-0.15, -0.1) is 0 Å². The Kier molecular flexibility index (Phi) is 5.53. The van der Waals surface area contributed by atoms with Crippen LogP contribution in [0.25, 0.3) is 55.1 Å². The summed E-state index contributed by atoms with van der Waals surface area (Å²) in [6.45, 7) is 0. The van der Waals surface area contributed by atoms with Crippen LogP contribution in [-0.2, 0) is 0 Å². The second-order valence-electron chi connectivity index (χ2n) is 11.3. The Balaban J connectivity index is 1.24. The molecule has 0 aliphatic carbocycles. The molecule has 6 aromatic carbocycles. The number of amidine groups is 1. The predicted molar refractivity (Wildman–Crippen MR) is 181 cm³/mol. The second kappa shape index (κ2) is 9.85. The maximum Gasteiger partial charge on any atom is 0.213 e. The smallest absolute Gasteiger partial charge is 0.213 e. The van der Waals surface area contributed by atoms with Crippen molar-refractivity contribution in [1.82, 2.24) is 9.88 Å². The molecule has 0 radical (unpaired) electrons. The lowest BCUT2D eigenvalue weighted by Gasteiger charge is -2.23. The molecule has 0 saturated heterocycles. The van der Waals surface area contributed by atoms with E-state index in [2.05, 4.69) is 149 Å². The van der Waals surface area contributed by atoms with Crippen LogP contribution in [0.2, 0.25) is 0 Å². The number of para-hydroxylation sites is 1. The van der Waals surface area contributed by atoms with Gasteiger partial charge in [0.1, 0.15) is 11.4 Å². The molecule has 9 rings (SSSR count). The van der Waals surface area contributed by atoms with Crippen LogP contribution < -0.4 is 5.32 Å². The zero-order valence-electron chi connectivity index (χ0n) is 23.8. The van der Waals surface area contributed by atoms with Crippen LogP contribution in [-0.4, -0.2) is 10.4 Å². The molecule has 44 heavy (non-hydrogen) atoms. The van der Waals surface area contributed by atoms with Gasteiger partial charge in [-0.3, -0.25) is 9.56 Å². The molecule has 1 aliphatic heterocycles. The number of benzene rings is 6. The third-order valence-electron chi connectivity index (χ3n) is 8.63. The highest BCUT2D eigenvalue weighted by atomic mass is 16.3. The van der Waals surface area contributed by atoms with Gasteiger partial charge in [0, 0.05) is 33.1 Å². The Morgan fingerprint density at radius 3 is 2.18 bits per heavy atom. The number of nitrogens with zero attached hydrogens (tertiary/aromatic N) is 2. The van der Waals surface area contributed by atoms with Crippen molar-refractivity contribution in [1.29, 1.82) is 0 Å². The summed E-state index contributed by atoms with van der Waals surface area (Å²) < 4.78 is 9.04. The Hall–Kier alpha value is -5.87. The first-order valence-electron chi connectivity index (χ1n) is 14.9. The first kappa shape index (κ1) is 24.7. The lowest BCUT2D eigenvalue weighted by Crippen LogP contribution is -2.27. The number of nitrogens with one attached hydrogen (secondary N) is 1. The first-order valence-corrected chi connectivity index (χ1v) is 14.9. The van der Waals surface area contributed by atoms with Crippen LogP contribution in [0.1, 0.15) is 22.7 Å². The molecular weight excluding hydrogens is 538 g/mol. The van der Waals surface area contributed by atoms with Crippen LogP contribution in [0, 0.1) is 0 Å². The van der Waals surface area contributed by atoms with E-state index in [4.69, 9.17) is 9.41 Å². The summed E-state index contributed by atoms with van der Waals surface area (Å²) in [5, 5.41) is 9.36. The molecular formula is C40H27N3O. The largest absolute Gasteiger partial charge is 0.438 e. The van der Waals surface area contributed by atoms with Crippen LogP contribution in [0.5, 0.6) is 0 Å². The Morgan fingerprint density at radius 2 is 1.34 bits per heavy atom. The number of aromatic nitrogens is 1. The van der Waals surface area contributed by atoms with Crippen molar-refractivity contribution in [2.75, 3.05) is 0 Å². The standard InChI is InChI=1S/C40H27N3O/c1-3-13-27(14-4-1)34-25-35(42-39(41-34)28-15-5-2-6-16-28)29-17-11-18-30(24-29)43-36-21-10-9-20-32(36)37-33-23-22-26-12-7-8-19-31(26)38(33)44-40(37)43/h1-25,35H,(H,41,42). The van der Waals surface area contributed by atoms with Crippen LogP contribution >= 0.6 is 0 Å². The fourth-order valence-electron chi connectivity index (χ4n) is 6.56. The SMILES string of the molecule is C1=C(c2ccccc2)NC(c2ccccc2)=NC1c1cccc(-n2c3ccccc3c3c4ccc5ccccc5c4oc32)c1. The third kappa shape index (κ3) is 3.89. The molecule has 0 fully saturated rings. The van der Waals surface area contributed by atoms with E-state index >= 15 is 0 Å². The number of furan rings is 1. The summed E-state index contributed by atoms with van der Waals surface area (Å²) in [4.78, 5) is 5.21. The molecule has 1 aliphatic rings. The van der Waals surface area contributed by atoms with Gasteiger partial charge in [-0.1, -0.05) is 121 Å². The molecule has 3 heterocycles. The molecule has 4 heteroatoms. The van der Waals surface area contributed by atoms with Crippen molar-refractivity contribution in [2.45, 2.75) is 6.04 Å². The zero-order valence-corrected chi connectivity index (χ0v) is 23.8. The summed E-state index contributed by atoms with van der Waals surface area (Å²) >= 11 is 0. The van der Waals surface area contributed by atoms with E-state index in [1.807, 2.05) is 12.1 Å². The number of aliphatic imine (C=N–C) groups is 1.